The largest absolute Gasteiger partial charge is 0.455 e. The van der Waals surface area contributed by atoms with Gasteiger partial charge in [-0.15, -0.1) is 0 Å². The Labute approximate surface area is 347 Å². The van der Waals surface area contributed by atoms with Crippen LogP contribution in [-0.2, 0) is 14.8 Å². The van der Waals surface area contributed by atoms with Crippen molar-refractivity contribution in [2.45, 2.75) is 42.5 Å². The molecule has 1 atom stereocenters. The van der Waals surface area contributed by atoms with Crippen LogP contribution in [0.1, 0.15) is 59.1 Å². The molecule has 1 amide bonds. The van der Waals surface area contributed by atoms with E-state index < -0.39 is 31.4 Å². The molecule has 9 rings (SSSR count). The number of morpholine rings is 1. The number of nitro benzene ring substituents is 1. The first-order valence-corrected chi connectivity index (χ1v) is 21.8. The summed E-state index contributed by atoms with van der Waals surface area (Å²) in [7, 11) is -4.56. The molecule has 6 aromatic rings. The quantitative estimate of drug-likeness (QED) is 0.0718. The van der Waals surface area contributed by atoms with Crippen LogP contribution in [0.3, 0.4) is 0 Å². The van der Waals surface area contributed by atoms with E-state index in [4.69, 9.17) is 9.47 Å². The Hall–Kier alpha value is -6.29. The van der Waals surface area contributed by atoms with Gasteiger partial charge in [-0.25, -0.2) is 18.1 Å². The normalized spacial score (nSPS) is 17.1. The molecular weight excluding hydrogens is 783 g/mol. The van der Waals surface area contributed by atoms with Crippen molar-refractivity contribution in [3.05, 3.63) is 136 Å². The standard InChI is InChI=1S/C45H45N7O7S/c53-45(49-60(56,57)36-14-16-40(42(28-36)52(54)55)46-19-21-50-22-24-58-25-23-50)39-15-11-32(27-43(39)59-35-26-33-17-18-47-44(33)48-29-35)30-9-12-34(13-10-30)51-20-3-6-41(51)38-5-2-1-4-37(38)31-7-8-31/h1-2,4-5,9-18,26-29,31,41,46H,3,6-8,19-25H2,(H,47,48)(H,49,53)/t41-/m1/s1. The number of carbonyl (C=O) groups excluding carboxylic acids is 1. The maximum absolute atomic E-state index is 13.9. The molecule has 0 bridgehead atoms. The molecule has 0 spiro atoms. The number of ether oxygens (including phenoxy) is 2. The zero-order chi connectivity index (χ0) is 41.2. The number of rotatable bonds is 14. The van der Waals surface area contributed by atoms with Crippen LogP contribution in [0.5, 0.6) is 11.5 Å². The zero-order valence-corrected chi connectivity index (χ0v) is 33.7. The summed E-state index contributed by atoms with van der Waals surface area (Å²) in [6.45, 7) is 4.79. The maximum atomic E-state index is 13.9. The number of sulfonamides is 1. The Morgan fingerprint density at radius 1 is 0.917 bits per heavy atom. The van der Waals surface area contributed by atoms with Crippen molar-refractivity contribution in [2.24, 2.45) is 0 Å². The van der Waals surface area contributed by atoms with Crippen molar-refractivity contribution in [1.29, 1.82) is 0 Å². The Morgan fingerprint density at radius 2 is 1.70 bits per heavy atom. The summed E-state index contributed by atoms with van der Waals surface area (Å²) in [6.07, 6.45) is 8.00. The third kappa shape index (κ3) is 8.41. The number of fused-ring (bicyclic) bond motifs is 1. The van der Waals surface area contributed by atoms with Gasteiger partial charge in [0.15, 0.2) is 0 Å². The number of amides is 1. The Bertz CT molecular complexity index is 2660. The summed E-state index contributed by atoms with van der Waals surface area (Å²) in [4.78, 5) is 37.0. The van der Waals surface area contributed by atoms with Crippen molar-refractivity contribution in [2.75, 3.05) is 56.2 Å². The molecule has 1 saturated carbocycles. The predicted octanol–water partition coefficient (Wildman–Crippen LogP) is 8.01. The molecule has 3 aliphatic rings. The zero-order valence-electron chi connectivity index (χ0n) is 32.9. The number of benzene rings is 4. The molecule has 0 radical (unpaired) electrons. The summed E-state index contributed by atoms with van der Waals surface area (Å²) in [5, 5.41) is 15.9. The lowest BCUT2D eigenvalue weighted by Crippen LogP contribution is -2.39. The van der Waals surface area contributed by atoms with Gasteiger partial charge in [-0.2, -0.15) is 0 Å². The lowest BCUT2D eigenvalue weighted by molar-refractivity contribution is -0.384. The molecule has 60 heavy (non-hydrogen) atoms. The van der Waals surface area contributed by atoms with E-state index in [1.165, 1.54) is 48.4 Å². The van der Waals surface area contributed by atoms with Crippen molar-refractivity contribution < 1.29 is 27.6 Å². The third-order valence-electron chi connectivity index (χ3n) is 11.5. The molecule has 2 aliphatic heterocycles. The second-order valence-electron chi connectivity index (χ2n) is 15.5. The Kier molecular flexibility index (Phi) is 10.9. The highest BCUT2D eigenvalue weighted by Crippen LogP contribution is 2.46. The van der Waals surface area contributed by atoms with Gasteiger partial charge in [-0.1, -0.05) is 42.5 Å². The first-order chi connectivity index (χ1) is 29.2. The number of aromatic nitrogens is 2. The molecule has 4 heterocycles. The van der Waals surface area contributed by atoms with Crippen LogP contribution < -0.4 is 19.7 Å². The van der Waals surface area contributed by atoms with Crippen molar-refractivity contribution in [1.82, 2.24) is 19.6 Å². The van der Waals surface area contributed by atoms with Crippen LogP contribution >= 0.6 is 0 Å². The van der Waals surface area contributed by atoms with E-state index in [0.717, 1.165) is 60.7 Å². The van der Waals surface area contributed by atoms with Gasteiger partial charge in [0, 0.05) is 56.1 Å². The number of nitrogens with zero attached hydrogens (tertiary/aromatic N) is 4. The van der Waals surface area contributed by atoms with Gasteiger partial charge in [-0.05, 0) is 102 Å². The third-order valence-corrected chi connectivity index (χ3v) is 12.9. The minimum atomic E-state index is -4.56. The smallest absolute Gasteiger partial charge is 0.293 e. The first kappa shape index (κ1) is 39.2. The molecule has 1 aliphatic carbocycles. The van der Waals surface area contributed by atoms with E-state index in [2.05, 4.69) is 66.2 Å². The van der Waals surface area contributed by atoms with Crippen molar-refractivity contribution in [3.63, 3.8) is 0 Å². The van der Waals surface area contributed by atoms with E-state index in [1.54, 1.807) is 24.4 Å². The highest BCUT2D eigenvalue weighted by Gasteiger charge is 2.33. The van der Waals surface area contributed by atoms with Crippen LogP contribution in [0, 0.1) is 10.1 Å². The molecule has 3 fully saturated rings. The number of carbonyl (C=O) groups is 1. The minimum Gasteiger partial charge on any atom is -0.455 e. The van der Waals surface area contributed by atoms with E-state index >= 15 is 0 Å². The number of nitrogens with one attached hydrogen (secondary N) is 3. The van der Waals surface area contributed by atoms with Gasteiger partial charge in [0.05, 0.1) is 40.8 Å². The van der Waals surface area contributed by atoms with Gasteiger partial charge in [0.2, 0.25) is 0 Å². The van der Waals surface area contributed by atoms with Crippen LogP contribution in [0.15, 0.2) is 114 Å². The van der Waals surface area contributed by atoms with Crippen LogP contribution in [-0.4, -0.2) is 80.1 Å². The molecule has 308 valence electrons. The number of pyridine rings is 1. The van der Waals surface area contributed by atoms with Gasteiger partial charge >= 0.3 is 0 Å². The second-order valence-corrected chi connectivity index (χ2v) is 17.1. The average molecular weight is 828 g/mol. The minimum absolute atomic E-state index is 0.0572. The summed E-state index contributed by atoms with van der Waals surface area (Å²) >= 11 is 0. The Balaban J connectivity index is 0.966. The summed E-state index contributed by atoms with van der Waals surface area (Å²) in [5.41, 5.74) is 6.00. The molecule has 14 nitrogen and oxygen atoms in total. The van der Waals surface area contributed by atoms with Crippen LogP contribution in [0.25, 0.3) is 22.2 Å². The summed E-state index contributed by atoms with van der Waals surface area (Å²) in [5.74, 6) is 0.137. The van der Waals surface area contributed by atoms with Crippen LogP contribution in [0.2, 0.25) is 0 Å². The van der Waals surface area contributed by atoms with E-state index in [-0.39, 0.29) is 17.0 Å². The van der Waals surface area contributed by atoms with Gasteiger partial charge in [-0.3, -0.25) is 19.8 Å². The van der Waals surface area contributed by atoms with Crippen LogP contribution in [0.4, 0.5) is 17.1 Å². The second kappa shape index (κ2) is 16.8. The summed E-state index contributed by atoms with van der Waals surface area (Å²) < 4.78 is 41.1. The number of hydrogen-bond acceptors (Lipinski definition) is 11. The molecule has 15 heteroatoms. The summed E-state index contributed by atoms with van der Waals surface area (Å²) in [6, 6.07) is 29.6. The highest BCUT2D eigenvalue weighted by atomic mass is 32.2. The lowest BCUT2D eigenvalue weighted by atomic mass is 9.95. The van der Waals surface area contributed by atoms with E-state index in [1.807, 2.05) is 18.2 Å². The van der Waals surface area contributed by atoms with Gasteiger partial charge in [0.25, 0.3) is 21.6 Å². The molecule has 2 saturated heterocycles. The molecule has 0 unspecified atom stereocenters. The average Bonchev–Trinajstić information content (AvgIpc) is 3.80. The lowest BCUT2D eigenvalue weighted by Gasteiger charge is -2.29. The van der Waals surface area contributed by atoms with Gasteiger partial charge < -0.3 is 24.7 Å². The number of H-pyrrole nitrogens is 1. The number of hydrogen-bond donors (Lipinski definition) is 3. The topological polar surface area (TPSA) is 172 Å². The SMILES string of the molecule is O=C(NS(=O)(=O)c1ccc(NCCN2CCOCC2)c([N+](=O)[O-])c1)c1ccc(-c2ccc(N3CCC[C@@H]3c3ccccc3C3CC3)cc2)cc1Oc1cnc2[nH]ccc2c1. The van der Waals surface area contributed by atoms with E-state index in [9.17, 15) is 23.3 Å². The fourth-order valence-electron chi connectivity index (χ4n) is 8.29. The van der Waals surface area contributed by atoms with E-state index in [0.29, 0.717) is 49.7 Å². The number of anilines is 2. The molecule has 2 aromatic heterocycles. The highest BCUT2D eigenvalue weighted by molar-refractivity contribution is 7.90. The number of aromatic amines is 1. The Morgan fingerprint density at radius 3 is 2.48 bits per heavy atom. The van der Waals surface area contributed by atoms with Gasteiger partial charge in [0.1, 0.15) is 22.8 Å². The number of nitro groups is 1. The monoisotopic (exact) mass is 827 g/mol. The predicted molar refractivity (Wildman–Crippen MR) is 229 cm³/mol. The molecular formula is C45H45N7O7S. The van der Waals surface area contributed by atoms with Crippen molar-refractivity contribution >= 4 is 44.0 Å². The molecule has 4 aromatic carbocycles. The van der Waals surface area contributed by atoms with Crippen molar-refractivity contribution in [3.8, 4) is 22.6 Å². The maximum Gasteiger partial charge on any atom is 0.293 e. The first-order valence-electron chi connectivity index (χ1n) is 20.3. The molecule has 3 N–H and O–H groups in total. The fraction of sp³-hybridized carbons (Fsp3) is 0.289. The fourth-order valence-corrected chi connectivity index (χ4v) is 9.28.